The van der Waals surface area contributed by atoms with E-state index in [4.69, 9.17) is 4.74 Å². The molecule has 0 aliphatic rings. The van der Waals surface area contributed by atoms with Crippen LogP contribution < -0.4 is 4.74 Å². The van der Waals surface area contributed by atoms with Crippen molar-refractivity contribution < 1.29 is 9.53 Å². The first-order chi connectivity index (χ1) is 12.4. The van der Waals surface area contributed by atoms with Gasteiger partial charge in [0.2, 0.25) is 0 Å². The zero-order valence-electron chi connectivity index (χ0n) is 13.9. The van der Waals surface area contributed by atoms with Crippen molar-refractivity contribution in [3.05, 3.63) is 78.4 Å². The Balaban J connectivity index is 1.60. The summed E-state index contributed by atoms with van der Waals surface area (Å²) in [6.07, 6.45) is 9.54. The van der Waals surface area contributed by atoms with E-state index < -0.39 is 0 Å². The van der Waals surface area contributed by atoms with Crippen molar-refractivity contribution >= 4 is 12.4 Å². The molecule has 1 heterocycles. The number of H-pyrrole nitrogens is 1. The molecule has 3 aromatic rings. The summed E-state index contributed by atoms with van der Waals surface area (Å²) < 4.78 is 5.79. The fourth-order valence-corrected chi connectivity index (χ4v) is 2.65. The van der Waals surface area contributed by atoms with E-state index >= 15 is 0 Å². The lowest BCUT2D eigenvalue weighted by Crippen LogP contribution is -1.99. The van der Waals surface area contributed by atoms with Crippen molar-refractivity contribution in [2.24, 2.45) is 0 Å². The number of carbonyl (C=O) groups excluding carboxylic acids is 1. The molecular formula is C21H20N2O2. The molecule has 0 saturated carbocycles. The molecule has 0 fully saturated rings. The molecule has 2 aromatic carbocycles. The number of hydrogen-bond donors (Lipinski definition) is 1. The van der Waals surface area contributed by atoms with Gasteiger partial charge in [0, 0.05) is 6.20 Å². The summed E-state index contributed by atoms with van der Waals surface area (Å²) in [5, 5.41) is 0. The molecule has 25 heavy (non-hydrogen) atoms. The van der Waals surface area contributed by atoms with Crippen LogP contribution in [0.3, 0.4) is 0 Å². The Morgan fingerprint density at radius 3 is 2.68 bits per heavy atom. The van der Waals surface area contributed by atoms with Crippen LogP contribution in [0.25, 0.3) is 17.2 Å². The Bertz CT molecular complexity index is 821. The molecule has 0 unspecified atom stereocenters. The topological polar surface area (TPSA) is 55.0 Å². The van der Waals surface area contributed by atoms with Crippen molar-refractivity contribution in [3.63, 3.8) is 0 Å². The van der Waals surface area contributed by atoms with E-state index in [1.807, 2.05) is 60.8 Å². The maximum absolute atomic E-state index is 10.6. The second-order valence-electron chi connectivity index (χ2n) is 5.62. The highest BCUT2D eigenvalue weighted by Gasteiger charge is 2.03. The van der Waals surface area contributed by atoms with Crippen LogP contribution in [0.15, 0.2) is 67.1 Å². The maximum Gasteiger partial charge on any atom is 0.142 e. The lowest BCUT2D eigenvalue weighted by molar-refractivity contribution is -0.104. The summed E-state index contributed by atoms with van der Waals surface area (Å²) in [4.78, 5) is 17.7. The smallest absolute Gasteiger partial charge is 0.142 e. The van der Waals surface area contributed by atoms with Crippen LogP contribution in [-0.4, -0.2) is 22.9 Å². The van der Waals surface area contributed by atoms with E-state index in [0.717, 1.165) is 47.3 Å². The van der Waals surface area contributed by atoms with Crippen LogP contribution >= 0.6 is 0 Å². The van der Waals surface area contributed by atoms with Crippen LogP contribution in [0.4, 0.5) is 0 Å². The van der Waals surface area contributed by atoms with Gasteiger partial charge in [-0.05, 0) is 47.7 Å². The summed E-state index contributed by atoms with van der Waals surface area (Å²) in [5.74, 6) is 0.853. The molecule has 1 aromatic heterocycles. The van der Waals surface area contributed by atoms with Crippen molar-refractivity contribution in [1.82, 2.24) is 9.97 Å². The Labute approximate surface area is 147 Å². The van der Waals surface area contributed by atoms with Gasteiger partial charge in [0.05, 0.1) is 18.6 Å². The van der Waals surface area contributed by atoms with Crippen LogP contribution in [0, 0.1) is 0 Å². The zero-order chi connectivity index (χ0) is 17.3. The van der Waals surface area contributed by atoms with Crippen LogP contribution in [0.5, 0.6) is 5.75 Å². The minimum absolute atomic E-state index is 0.658. The number of hydrogen-bond acceptors (Lipinski definition) is 3. The number of nitrogens with one attached hydrogen (secondary N) is 1. The molecule has 0 amide bonds. The average molecular weight is 332 g/mol. The molecule has 3 rings (SSSR count). The standard InChI is InChI=1S/C21H20N2O2/c24-13-3-6-17-5-1-2-8-21(17)18-9-11-20(12-10-18)25-14-4-7-19-15-22-16-23-19/h1-3,5-6,8-13,15-16H,4,7,14H2,(H,22,23). The molecule has 126 valence electrons. The third kappa shape index (κ3) is 4.67. The second kappa shape index (κ2) is 8.64. The lowest BCUT2D eigenvalue weighted by atomic mass is 9.99. The SMILES string of the molecule is O=CC=Cc1ccccc1-c1ccc(OCCCc2c[nH]cn2)cc1. The number of benzene rings is 2. The quantitative estimate of drug-likeness (QED) is 0.380. The minimum Gasteiger partial charge on any atom is -0.494 e. The number of allylic oxidation sites excluding steroid dienone is 1. The van der Waals surface area contributed by atoms with Crippen LogP contribution in [0.2, 0.25) is 0 Å². The summed E-state index contributed by atoms with van der Waals surface area (Å²) in [5.41, 5.74) is 4.25. The highest BCUT2D eigenvalue weighted by molar-refractivity contribution is 5.81. The van der Waals surface area contributed by atoms with E-state index in [1.165, 1.54) is 6.08 Å². The summed E-state index contributed by atoms with van der Waals surface area (Å²) >= 11 is 0. The number of aromatic nitrogens is 2. The average Bonchev–Trinajstić information content (AvgIpc) is 3.18. The van der Waals surface area contributed by atoms with Crippen molar-refractivity contribution in [1.29, 1.82) is 0 Å². The molecular weight excluding hydrogens is 312 g/mol. The van der Waals surface area contributed by atoms with E-state index in [9.17, 15) is 4.79 Å². The normalized spacial score (nSPS) is 10.9. The number of nitrogens with zero attached hydrogens (tertiary/aromatic N) is 1. The zero-order valence-corrected chi connectivity index (χ0v) is 13.9. The highest BCUT2D eigenvalue weighted by atomic mass is 16.5. The number of carbonyl (C=O) groups is 1. The Morgan fingerprint density at radius 1 is 1.08 bits per heavy atom. The summed E-state index contributed by atoms with van der Waals surface area (Å²) in [6, 6.07) is 16.0. The van der Waals surface area contributed by atoms with Crippen LogP contribution in [-0.2, 0) is 11.2 Å². The fraction of sp³-hybridized carbons (Fsp3) is 0.143. The number of imidazole rings is 1. The summed E-state index contributed by atoms with van der Waals surface area (Å²) in [6.45, 7) is 0.658. The molecule has 0 aliphatic carbocycles. The van der Waals surface area contributed by atoms with Gasteiger partial charge >= 0.3 is 0 Å². The second-order valence-corrected chi connectivity index (χ2v) is 5.62. The van der Waals surface area contributed by atoms with E-state index in [1.54, 1.807) is 6.33 Å². The number of rotatable bonds is 8. The molecule has 0 atom stereocenters. The molecule has 0 bridgehead atoms. The fourth-order valence-electron chi connectivity index (χ4n) is 2.65. The van der Waals surface area contributed by atoms with E-state index in [2.05, 4.69) is 9.97 Å². The number of aryl methyl sites for hydroxylation is 1. The predicted octanol–water partition coefficient (Wildman–Crippen LogP) is 4.30. The molecule has 4 heteroatoms. The van der Waals surface area contributed by atoms with Gasteiger partial charge in [0.25, 0.3) is 0 Å². The molecule has 0 radical (unpaired) electrons. The molecule has 1 N–H and O–H groups in total. The van der Waals surface area contributed by atoms with Gasteiger partial charge in [-0.15, -0.1) is 0 Å². The first-order valence-electron chi connectivity index (χ1n) is 8.28. The minimum atomic E-state index is 0.658. The van der Waals surface area contributed by atoms with Gasteiger partial charge < -0.3 is 9.72 Å². The van der Waals surface area contributed by atoms with Gasteiger partial charge in [0.15, 0.2) is 0 Å². The highest BCUT2D eigenvalue weighted by Crippen LogP contribution is 2.26. The first-order valence-corrected chi connectivity index (χ1v) is 8.28. The molecule has 4 nitrogen and oxygen atoms in total. The third-order valence-electron chi connectivity index (χ3n) is 3.88. The first kappa shape index (κ1) is 16.7. The predicted molar refractivity (Wildman–Crippen MR) is 99.4 cm³/mol. The molecule has 0 aliphatic heterocycles. The van der Waals surface area contributed by atoms with E-state index in [-0.39, 0.29) is 0 Å². The monoisotopic (exact) mass is 332 g/mol. The van der Waals surface area contributed by atoms with Crippen molar-refractivity contribution in [2.75, 3.05) is 6.61 Å². The number of aldehydes is 1. The molecule has 0 spiro atoms. The van der Waals surface area contributed by atoms with E-state index in [0.29, 0.717) is 6.61 Å². The Kier molecular flexibility index (Phi) is 5.77. The van der Waals surface area contributed by atoms with Crippen LogP contribution in [0.1, 0.15) is 17.7 Å². The maximum atomic E-state index is 10.6. The van der Waals surface area contributed by atoms with Gasteiger partial charge in [0.1, 0.15) is 12.0 Å². The van der Waals surface area contributed by atoms with Gasteiger partial charge in [-0.2, -0.15) is 0 Å². The largest absolute Gasteiger partial charge is 0.494 e. The Hall–Kier alpha value is -3.14. The van der Waals surface area contributed by atoms with Crippen molar-refractivity contribution in [3.8, 4) is 16.9 Å². The third-order valence-corrected chi connectivity index (χ3v) is 3.88. The Morgan fingerprint density at radius 2 is 1.92 bits per heavy atom. The van der Waals surface area contributed by atoms with Crippen molar-refractivity contribution in [2.45, 2.75) is 12.8 Å². The summed E-state index contributed by atoms with van der Waals surface area (Å²) in [7, 11) is 0. The molecule has 0 saturated heterocycles. The number of ether oxygens (including phenoxy) is 1. The van der Waals surface area contributed by atoms with Gasteiger partial charge in [-0.25, -0.2) is 4.98 Å². The van der Waals surface area contributed by atoms with Gasteiger partial charge in [-0.1, -0.05) is 42.5 Å². The van der Waals surface area contributed by atoms with Gasteiger partial charge in [-0.3, -0.25) is 4.79 Å². The number of aromatic amines is 1. The lowest BCUT2D eigenvalue weighted by Gasteiger charge is -2.09.